The molecule has 2 fully saturated rings. The average Bonchev–Trinajstić information content (AvgIpc) is 3.14. The highest BCUT2D eigenvalue weighted by molar-refractivity contribution is 5.71. The van der Waals surface area contributed by atoms with Crippen LogP contribution in [0.2, 0.25) is 0 Å². The van der Waals surface area contributed by atoms with Crippen LogP contribution in [0.15, 0.2) is 18.2 Å². The van der Waals surface area contributed by atoms with Crippen molar-refractivity contribution in [3.8, 4) is 11.4 Å². The standard InChI is InChI=1S/C14H16FN5/c15-10-3-4-11(12(16)7-10)14-17-18-19-20(14)13-6-8-1-2-9(13)5-8/h3-4,7-9,13H,1-2,5-6,16H2. The zero-order chi connectivity index (χ0) is 13.7. The predicted octanol–water partition coefficient (Wildman–Crippen LogP) is 2.42. The van der Waals surface area contributed by atoms with Gasteiger partial charge < -0.3 is 5.73 Å². The number of benzene rings is 1. The summed E-state index contributed by atoms with van der Waals surface area (Å²) in [5.41, 5.74) is 6.99. The van der Waals surface area contributed by atoms with Gasteiger partial charge in [0.2, 0.25) is 0 Å². The van der Waals surface area contributed by atoms with Gasteiger partial charge in [-0.25, -0.2) is 9.07 Å². The van der Waals surface area contributed by atoms with Crippen molar-refractivity contribution < 1.29 is 4.39 Å². The van der Waals surface area contributed by atoms with E-state index in [4.69, 9.17) is 5.73 Å². The number of anilines is 1. The van der Waals surface area contributed by atoms with Crippen molar-refractivity contribution in [3.63, 3.8) is 0 Å². The van der Waals surface area contributed by atoms with E-state index in [1.54, 1.807) is 6.07 Å². The summed E-state index contributed by atoms with van der Waals surface area (Å²) in [7, 11) is 0. The van der Waals surface area contributed by atoms with Gasteiger partial charge in [-0.1, -0.05) is 6.42 Å². The van der Waals surface area contributed by atoms with Gasteiger partial charge in [0, 0.05) is 11.3 Å². The van der Waals surface area contributed by atoms with Gasteiger partial charge in [-0.05, 0) is 59.7 Å². The van der Waals surface area contributed by atoms with Crippen molar-refractivity contribution in [1.29, 1.82) is 0 Å². The maximum absolute atomic E-state index is 13.2. The highest BCUT2D eigenvalue weighted by Crippen LogP contribution is 2.51. The quantitative estimate of drug-likeness (QED) is 0.853. The third kappa shape index (κ3) is 1.71. The van der Waals surface area contributed by atoms with Gasteiger partial charge in [0.15, 0.2) is 5.82 Å². The molecule has 2 bridgehead atoms. The molecule has 3 unspecified atom stereocenters. The van der Waals surface area contributed by atoms with E-state index < -0.39 is 0 Å². The number of nitrogen functional groups attached to an aromatic ring is 1. The van der Waals surface area contributed by atoms with Crippen LogP contribution in [-0.4, -0.2) is 20.2 Å². The molecule has 0 spiro atoms. The van der Waals surface area contributed by atoms with Crippen molar-refractivity contribution in [2.75, 3.05) is 5.73 Å². The summed E-state index contributed by atoms with van der Waals surface area (Å²) in [4.78, 5) is 0. The minimum absolute atomic E-state index is 0.342. The molecule has 0 amide bonds. The Bertz CT molecular complexity index is 653. The molecular formula is C14H16FN5. The van der Waals surface area contributed by atoms with Crippen LogP contribution in [0.3, 0.4) is 0 Å². The number of hydrogen-bond donors (Lipinski definition) is 1. The maximum atomic E-state index is 13.2. The summed E-state index contributed by atoms with van der Waals surface area (Å²) in [5.74, 6) is 1.79. The van der Waals surface area contributed by atoms with E-state index in [1.807, 2.05) is 4.68 Å². The van der Waals surface area contributed by atoms with Crippen LogP contribution < -0.4 is 5.73 Å². The fourth-order valence-corrected chi connectivity index (χ4v) is 3.84. The van der Waals surface area contributed by atoms with Crippen molar-refractivity contribution in [3.05, 3.63) is 24.0 Å². The molecule has 1 aromatic heterocycles. The van der Waals surface area contributed by atoms with Gasteiger partial charge in [-0.15, -0.1) is 5.10 Å². The van der Waals surface area contributed by atoms with E-state index >= 15 is 0 Å². The Labute approximate surface area is 116 Å². The molecule has 5 nitrogen and oxygen atoms in total. The van der Waals surface area contributed by atoms with Crippen molar-refractivity contribution in [1.82, 2.24) is 20.2 Å². The molecule has 3 atom stereocenters. The molecule has 1 heterocycles. The second-order valence-corrected chi connectivity index (χ2v) is 5.92. The third-order valence-electron chi connectivity index (χ3n) is 4.76. The third-order valence-corrected chi connectivity index (χ3v) is 4.76. The van der Waals surface area contributed by atoms with Crippen LogP contribution >= 0.6 is 0 Å². The predicted molar refractivity (Wildman–Crippen MR) is 72.1 cm³/mol. The van der Waals surface area contributed by atoms with Gasteiger partial charge >= 0.3 is 0 Å². The lowest BCUT2D eigenvalue weighted by molar-refractivity contribution is 0.304. The van der Waals surface area contributed by atoms with E-state index in [0.29, 0.717) is 29.0 Å². The normalized spacial score (nSPS) is 28.1. The Hall–Kier alpha value is -1.98. The average molecular weight is 273 g/mol. The first kappa shape index (κ1) is 11.8. The zero-order valence-corrected chi connectivity index (χ0v) is 11.0. The van der Waals surface area contributed by atoms with Crippen LogP contribution in [-0.2, 0) is 0 Å². The van der Waals surface area contributed by atoms with E-state index in [2.05, 4.69) is 15.5 Å². The minimum atomic E-state index is -0.342. The van der Waals surface area contributed by atoms with E-state index in [0.717, 1.165) is 12.3 Å². The molecule has 20 heavy (non-hydrogen) atoms. The molecule has 0 radical (unpaired) electrons. The molecule has 2 aliphatic carbocycles. The molecule has 2 aromatic rings. The van der Waals surface area contributed by atoms with Gasteiger partial charge in [0.25, 0.3) is 0 Å². The van der Waals surface area contributed by atoms with Gasteiger partial charge in [0.05, 0.1) is 6.04 Å². The Balaban J connectivity index is 1.75. The van der Waals surface area contributed by atoms with E-state index in [9.17, 15) is 4.39 Å². The second-order valence-electron chi connectivity index (χ2n) is 5.92. The number of rotatable bonds is 2. The molecule has 1 aromatic carbocycles. The molecule has 104 valence electrons. The Kier molecular flexibility index (Phi) is 2.52. The van der Waals surface area contributed by atoms with Gasteiger partial charge in [-0.3, -0.25) is 0 Å². The van der Waals surface area contributed by atoms with Gasteiger partial charge in [-0.2, -0.15) is 0 Å². The van der Waals surface area contributed by atoms with Crippen LogP contribution in [0, 0.1) is 17.7 Å². The number of nitrogens with zero attached hydrogens (tertiary/aromatic N) is 4. The summed E-state index contributed by atoms with van der Waals surface area (Å²) in [6, 6.07) is 4.73. The molecule has 2 saturated carbocycles. The Morgan fingerprint density at radius 2 is 2.15 bits per heavy atom. The smallest absolute Gasteiger partial charge is 0.184 e. The topological polar surface area (TPSA) is 69.6 Å². The highest BCUT2D eigenvalue weighted by atomic mass is 19.1. The van der Waals surface area contributed by atoms with E-state index in [-0.39, 0.29) is 5.82 Å². The van der Waals surface area contributed by atoms with Crippen molar-refractivity contribution in [2.24, 2.45) is 11.8 Å². The molecule has 2 N–H and O–H groups in total. The molecule has 2 aliphatic rings. The summed E-state index contributed by atoms with van der Waals surface area (Å²) in [5, 5.41) is 12.1. The number of nitrogens with two attached hydrogens (primary N) is 1. The summed E-state index contributed by atoms with van der Waals surface area (Å²) in [6.07, 6.45) is 5.01. The monoisotopic (exact) mass is 273 g/mol. The Morgan fingerprint density at radius 1 is 1.25 bits per heavy atom. The number of fused-ring (bicyclic) bond motifs is 2. The fourth-order valence-electron chi connectivity index (χ4n) is 3.84. The van der Waals surface area contributed by atoms with Crippen LogP contribution in [0.25, 0.3) is 11.4 Å². The molecule has 6 heteroatoms. The number of tetrazole rings is 1. The SMILES string of the molecule is Nc1cc(F)ccc1-c1nnnn1C1CC2CCC1C2. The lowest BCUT2D eigenvalue weighted by Crippen LogP contribution is -2.18. The van der Waals surface area contributed by atoms with Crippen molar-refractivity contribution >= 4 is 5.69 Å². The van der Waals surface area contributed by atoms with Crippen LogP contribution in [0.1, 0.15) is 31.7 Å². The maximum Gasteiger partial charge on any atom is 0.184 e. The summed E-state index contributed by atoms with van der Waals surface area (Å²) in [6.45, 7) is 0. The lowest BCUT2D eigenvalue weighted by Gasteiger charge is -2.22. The lowest BCUT2D eigenvalue weighted by atomic mass is 9.95. The minimum Gasteiger partial charge on any atom is -0.398 e. The van der Waals surface area contributed by atoms with Crippen molar-refractivity contribution in [2.45, 2.75) is 31.7 Å². The molecular weight excluding hydrogens is 257 g/mol. The number of halogens is 1. The Morgan fingerprint density at radius 3 is 2.85 bits per heavy atom. The zero-order valence-electron chi connectivity index (χ0n) is 11.0. The van der Waals surface area contributed by atoms with E-state index in [1.165, 1.54) is 31.4 Å². The van der Waals surface area contributed by atoms with Crippen LogP contribution in [0.5, 0.6) is 0 Å². The largest absolute Gasteiger partial charge is 0.398 e. The first-order valence-corrected chi connectivity index (χ1v) is 7.05. The summed E-state index contributed by atoms with van der Waals surface area (Å²) >= 11 is 0. The first-order valence-electron chi connectivity index (χ1n) is 7.05. The molecule has 4 rings (SSSR count). The number of hydrogen-bond acceptors (Lipinski definition) is 4. The summed E-state index contributed by atoms with van der Waals surface area (Å²) < 4.78 is 15.1. The number of aromatic nitrogens is 4. The fraction of sp³-hybridized carbons (Fsp3) is 0.500. The first-order chi connectivity index (χ1) is 9.72. The highest BCUT2D eigenvalue weighted by Gasteiger charge is 2.42. The van der Waals surface area contributed by atoms with Gasteiger partial charge in [0.1, 0.15) is 5.82 Å². The molecule has 0 aliphatic heterocycles. The molecule has 0 saturated heterocycles. The van der Waals surface area contributed by atoms with Crippen LogP contribution in [0.4, 0.5) is 10.1 Å². The second kappa shape index (κ2) is 4.26.